The molecule has 1 atom stereocenters. The molecule has 38 heavy (non-hydrogen) atoms. The monoisotopic (exact) mass is 543 g/mol. The standard InChI is InChI=1S/C30H35F2N3O2.ClH/c31-20-10-13-28-25(15-20)19(17-33-28)5-4-14-35(22-8-3-9-22)23-16-26-24(11-12-27(32)29(26)37-18-23)30(36)34-21-6-1-2-7-21;/h10-13,15,17,21-23,33H,1-9,14,16,18H2,(H,34,36);1H. The molecule has 1 amide bonds. The molecule has 1 aromatic heterocycles. The highest BCUT2D eigenvalue weighted by atomic mass is 35.5. The molecule has 1 aliphatic heterocycles. The predicted molar refractivity (Wildman–Crippen MR) is 147 cm³/mol. The molecule has 1 unspecified atom stereocenters. The van der Waals surface area contributed by atoms with Gasteiger partial charge < -0.3 is 15.0 Å². The summed E-state index contributed by atoms with van der Waals surface area (Å²) in [6.07, 6.45) is 12.2. The molecule has 5 nitrogen and oxygen atoms in total. The van der Waals surface area contributed by atoms with Crippen molar-refractivity contribution in [2.24, 2.45) is 0 Å². The fraction of sp³-hybridized carbons (Fsp3) is 0.500. The van der Waals surface area contributed by atoms with E-state index in [-0.39, 0.29) is 42.0 Å². The molecule has 204 valence electrons. The zero-order valence-electron chi connectivity index (χ0n) is 21.6. The van der Waals surface area contributed by atoms with Gasteiger partial charge in [0.1, 0.15) is 12.4 Å². The summed E-state index contributed by atoms with van der Waals surface area (Å²) in [6, 6.07) is 8.63. The molecule has 0 saturated heterocycles. The van der Waals surface area contributed by atoms with Crippen molar-refractivity contribution in [2.75, 3.05) is 13.2 Å². The van der Waals surface area contributed by atoms with Crippen molar-refractivity contribution in [3.8, 4) is 5.75 Å². The number of benzene rings is 2. The SMILES string of the molecule is Cl.O=C(NC1CCCC1)c1ccc(F)c2c1CC(N(CCCc1c[nH]c3ccc(F)cc13)C1CCC1)CO2. The summed E-state index contributed by atoms with van der Waals surface area (Å²) in [5.74, 6) is -0.492. The van der Waals surface area contributed by atoms with Gasteiger partial charge in [-0.1, -0.05) is 19.3 Å². The topological polar surface area (TPSA) is 57.4 Å². The Labute approximate surface area is 228 Å². The number of nitrogens with zero attached hydrogens (tertiary/aromatic N) is 1. The number of amides is 1. The van der Waals surface area contributed by atoms with Gasteiger partial charge in [-0.3, -0.25) is 9.69 Å². The molecular weight excluding hydrogens is 508 g/mol. The Morgan fingerprint density at radius 2 is 1.87 bits per heavy atom. The lowest BCUT2D eigenvalue weighted by molar-refractivity contribution is 0.0421. The molecule has 6 rings (SSSR count). The highest BCUT2D eigenvalue weighted by Gasteiger charge is 2.36. The maximum atomic E-state index is 14.7. The lowest BCUT2D eigenvalue weighted by Crippen LogP contribution is -2.52. The van der Waals surface area contributed by atoms with Gasteiger partial charge in [-0.15, -0.1) is 12.4 Å². The van der Waals surface area contributed by atoms with E-state index in [1.807, 2.05) is 6.20 Å². The van der Waals surface area contributed by atoms with E-state index in [1.165, 1.54) is 18.6 Å². The number of hydrogen-bond acceptors (Lipinski definition) is 3. The van der Waals surface area contributed by atoms with E-state index in [1.54, 1.807) is 18.2 Å². The van der Waals surface area contributed by atoms with Crippen LogP contribution in [0.2, 0.25) is 0 Å². The predicted octanol–water partition coefficient (Wildman–Crippen LogP) is 6.33. The summed E-state index contributed by atoms with van der Waals surface area (Å²) in [5.41, 5.74) is 3.32. The molecule has 3 aromatic rings. The van der Waals surface area contributed by atoms with Crippen molar-refractivity contribution in [2.45, 2.75) is 82.3 Å². The zero-order chi connectivity index (χ0) is 25.4. The number of carbonyl (C=O) groups is 1. The zero-order valence-corrected chi connectivity index (χ0v) is 22.4. The minimum absolute atomic E-state index is 0. The summed E-state index contributed by atoms with van der Waals surface area (Å²) >= 11 is 0. The first kappa shape index (κ1) is 26.9. The quantitative estimate of drug-likeness (QED) is 0.349. The first-order chi connectivity index (χ1) is 18.1. The van der Waals surface area contributed by atoms with Crippen LogP contribution in [-0.4, -0.2) is 47.1 Å². The Morgan fingerprint density at radius 3 is 2.63 bits per heavy atom. The van der Waals surface area contributed by atoms with Crippen molar-refractivity contribution < 1.29 is 18.3 Å². The number of nitrogens with one attached hydrogen (secondary N) is 2. The van der Waals surface area contributed by atoms with Gasteiger partial charge in [0, 0.05) is 46.4 Å². The third kappa shape index (κ3) is 5.41. The van der Waals surface area contributed by atoms with Crippen LogP contribution in [-0.2, 0) is 12.8 Å². The van der Waals surface area contributed by atoms with Crippen LogP contribution in [0.3, 0.4) is 0 Å². The number of carbonyl (C=O) groups excluding carboxylic acids is 1. The van der Waals surface area contributed by atoms with Gasteiger partial charge in [0.2, 0.25) is 0 Å². The van der Waals surface area contributed by atoms with Gasteiger partial charge in [-0.05, 0) is 87.4 Å². The van der Waals surface area contributed by atoms with Crippen LogP contribution in [0.15, 0.2) is 36.5 Å². The van der Waals surface area contributed by atoms with Gasteiger partial charge >= 0.3 is 0 Å². The molecule has 0 bridgehead atoms. The van der Waals surface area contributed by atoms with Gasteiger partial charge in [0.15, 0.2) is 11.6 Å². The van der Waals surface area contributed by atoms with E-state index in [0.29, 0.717) is 30.2 Å². The molecule has 2 aromatic carbocycles. The lowest BCUT2D eigenvalue weighted by Gasteiger charge is -2.44. The summed E-state index contributed by atoms with van der Waals surface area (Å²) < 4.78 is 34.5. The van der Waals surface area contributed by atoms with Gasteiger partial charge in [-0.25, -0.2) is 8.78 Å². The number of aromatic nitrogens is 1. The van der Waals surface area contributed by atoms with E-state index < -0.39 is 5.82 Å². The molecule has 2 N–H and O–H groups in total. The molecule has 2 fully saturated rings. The minimum atomic E-state index is -0.396. The maximum Gasteiger partial charge on any atom is 0.251 e. The van der Waals surface area contributed by atoms with Crippen molar-refractivity contribution in [1.82, 2.24) is 15.2 Å². The van der Waals surface area contributed by atoms with E-state index >= 15 is 0 Å². The average molecular weight is 544 g/mol. The molecule has 0 spiro atoms. The normalized spacial score (nSPS) is 19.6. The number of halogens is 3. The molecular formula is C30H36ClF2N3O2. The number of ether oxygens (including phenoxy) is 1. The van der Waals surface area contributed by atoms with Gasteiger partial charge in [0.25, 0.3) is 5.91 Å². The van der Waals surface area contributed by atoms with E-state index in [4.69, 9.17) is 4.74 Å². The number of aromatic amines is 1. The molecule has 2 aliphatic carbocycles. The van der Waals surface area contributed by atoms with Crippen LogP contribution in [0, 0.1) is 11.6 Å². The Balaban J connectivity index is 0.00000294. The van der Waals surface area contributed by atoms with Crippen LogP contribution in [0.1, 0.15) is 72.9 Å². The lowest BCUT2D eigenvalue weighted by atomic mass is 9.87. The highest BCUT2D eigenvalue weighted by molar-refractivity contribution is 5.96. The van der Waals surface area contributed by atoms with Crippen LogP contribution in [0.25, 0.3) is 10.9 Å². The number of rotatable bonds is 8. The first-order valence-electron chi connectivity index (χ1n) is 13.8. The minimum Gasteiger partial charge on any atom is -0.489 e. The first-order valence-corrected chi connectivity index (χ1v) is 13.8. The molecule has 2 heterocycles. The Kier molecular flexibility index (Phi) is 8.24. The number of aryl methyl sites for hydroxylation is 1. The smallest absolute Gasteiger partial charge is 0.251 e. The third-order valence-electron chi connectivity index (χ3n) is 8.61. The largest absolute Gasteiger partial charge is 0.489 e. The van der Waals surface area contributed by atoms with Crippen LogP contribution >= 0.6 is 12.4 Å². The fourth-order valence-corrected chi connectivity index (χ4v) is 6.38. The van der Waals surface area contributed by atoms with Crippen LogP contribution in [0.4, 0.5) is 8.78 Å². The number of hydrogen-bond donors (Lipinski definition) is 2. The second-order valence-corrected chi connectivity index (χ2v) is 11.0. The van der Waals surface area contributed by atoms with Crippen molar-refractivity contribution in [3.63, 3.8) is 0 Å². The molecule has 8 heteroatoms. The molecule has 0 radical (unpaired) electrons. The maximum absolute atomic E-state index is 14.7. The van der Waals surface area contributed by atoms with Crippen molar-refractivity contribution in [3.05, 3.63) is 64.9 Å². The second-order valence-electron chi connectivity index (χ2n) is 11.0. The Hall–Kier alpha value is -2.64. The van der Waals surface area contributed by atoms with E-state index in [2.05, 4.69) is 15.2 Å². The highest BCUT2D eigenvalue weighted by Crippen LogP contribution is 2.36. The summed E-state index contributed by atoms with van der Waals surface area (Å²) in [4.78, 5) is 18.9. The molecule has 3 aliphatic rings. The average Bonchev–Trinajstić information content (AvgIpc) is 3.52. The number of fused-ring (bicyclic) bond motifs is 2. The fourth-order valence-electron chi connectivity index (χ4n) is 6.38. The Morgan fingerprint density at radius 1 is 1.05 bits per heavy atom. The second kappa shape index (κ2) is 11.6. The third-order valence-corrected chi connectivity index (χ3v) is 8.61. The van der Waals surface area contributed by atoms with E-state index in [9.17, 15) is 13.6 Å². The Bertz CT molecular complexity index is 1290. The summed E-state index contributed by atoms with van der Waals surface area (Å²) in [6.45, 7) is 1.31. The van der Waals surface area contributed by atoms with E-state index in [0.717, 1.165) is 74.4 Å². The number of H-pyrrole nitrogens is 1. The van der Waals surface area contributed by atoms with Crippen molar-refractivity contribution >= 4 is 29.2 Å². The van der Waals surface area contributed by atoms with Crippen LogP contribution in [0.5, 0.6) is 5.75 Å². The summed E-state index contributed by atoms with van der Waals surface area (Å²) in [5, 5.41) is 4.11. The van der Waals surface area contributed by atoms with Gasteiger partial charge in [0.05, 0.1) is 0 Å². The van der Waals surface area contributed by atoms with Gasteiger partial charge in [-0.2, -0.15) is 0 Å². The van der Waals surface area contributed by atoms with Crippen molar-refractivity contribution in [1.29, 1.82) is 0 Å². The summed E-state index contributed by atoms with van der Waals surface area (Å²) in [7, 11) is 0. The molecule has 2 saturated carbocycles. The van der Waals surface area contributed by atoms with Crippen LogP contribution < -0.4 is 10.1 Å².